The zero-order valence-corrected chi connectivity index (χ0v) is 12.0. The number of hydrogen-bond acceptors (Lipinski definition) is 3. The number of halogens is 1. The minimum absolute atomic E-state index is 0.202. The van der Waals surface area contributed by atoms with Crippen LogP contribution in [-0.4, -0.2) is 43.0 Å². The maximum atomic E-state index is 13.7. The molecule has 0 aliphatic carbocycles. The first-order valence-electron chi connectivity index (χ1n) is 7.18. The molecule has 1 spiro atoms. The number of rotatable bonds is 1. The molecule has 21 heavy (non-hydrogen) atoms. The predicted octanol–water partition coefficient (Wildman–Crippen LogP) is 2.50. The first-order valence-corrected chi connectivity index (χ1v) is 7.18. The number of carbonyl (C=O) groups is 1. The molecule has 2 amide bonds. The van der Waals surface area contributed by atoms with Gasteiger partial charge in [-0.3, -0.25) is 0 Å². The topological polar surface area (TPSA) is 50.8 Å². The highest BCUT2D eigenvalue weighted by molar-refractivity contribution is 5.89. The van der Waals surface area contributed by atoms with Gasteiger partial charge in [-0.1, -0.05) is 6.07 Å². The van der Waals surface area contributed by atoms with Crippen molar-refractivity contribution in [1.82, 2.24) is 4.90 Å². The summed E-state index contributed by atoms with van der Waals surface area (Å²) in [6.07, 6.45) is 1.60. The van der Waals surface area contributed by atoms with Crippen LogP contribution in [0.4, 0.5) is 14.9 Å². The molecule has 2 aliphatic rings. The van der Waals surface area contributed by atoms with E-state index in [-0.39, 0.29) is 11.7 Å². The van der Waals surface area contributed by atoms with E-state index >= 15 is 0 Å². The molecule has 2 fully saturated rings. The largest absolute Gasteiger partial charge is 0.346 e. The molecule has 0 radical (unpaired) electrons. The van der Waals surface area contributed by atoms with E-state index in [1.165, 1.54) is 6.07 Å². The molecule has 1 N–H and O–H groups in total. The summed E-state index contributed by atoms with van der Waals surface area (Å²) in [5.41, 5.74) is 1.09. The molecule has 0 atom stereocenters. The average Bonchev–Trinajstić information content (AvgIpc) is 2.91. The van der Waals surface area contributed by atoms with Crippen LogP contribution in [0.15, 0.2) is 18.2 Å². The highest BCUT2D eigenvalue weighted by Crippen LogP contribution is 2.30. The maximum Gasteiger partial charge on any atom is 0.322 e. The second-order valence-electron chi connectivity index (χ2n) is 5.55. The Balaban J connectivity index is 1.68. The fraction of sp³-hybridized carbons (Fsp3) is 0.533. The number of ether oxygens (including phenoxy) is 2. The molecule has 1 aromatic rings. The monoisotopic (exact) mass is 294 g/mol. The summed E-state index contributed by atoms with van der Waals surface area (Å²) >= 11 is 0. The Bertz CT molecular complexity index is 544. The van der Waals surface area contributed by atoms with E-state index in [2.05, 4.69) is 5.32 Å². The van der Waals surface area contributed by atoms with E-state index in [1.807, 2.05) is 6.92 Å². The Hall–Kier alpha value is -1.66. The molecule has 0 unspecified atom stereocenters. The van der Waals surface area contributed by atoms with E-state index in [9.17, 15) is 9.18 Å². The lowest BCUT2D eigenvalue weighted by molar-refractivity contribution is -0.182. The summed E-state index contributed by atoms with van der Waals surface area (Å²) in [5.74, 6) is -1.10. The van der Waals surface area contributed by atoms with Gasteiger partial charge in [0.25, 0.3) is 0 Å². The van der Waals surface area contributed by atoms with Crippen molar-refractivity contribution in [3.05, 3.63) is 29.6 Å². The average molecular weight is 294 g/mol. The molecular weight excluding hydrogens is 275 g/mol. The van der Waals surface area contributed by atoms with Crippen molar-refractivity contribution in [2.24, 2.45) is 0 Å². The Labute approximate surface area is 123 Å². The zero-order valence-electron chi connectivity index (χ0n) is 12.0. The second-order valence-corrected chi connectivity index (χ2v) is 5.55. The van der Waals surface area contributed by atoms with E-state index in [0.29, 0.717) is 26.3 Å². The predicted molar refractivity (Wildman–Crippen MR) is 75.6 cm³/mol. The van der Waals surface area contributed by atoms with Crippen LogP contribution in [0.1, 0.15) is 18.4 Å². The lowest BCUT2D eigenvalue weighted by Crippen LogP contribution is -2.52. The molecule has 2 heterocycles. The normalized spacial score (nSPS) is 20.8. The van der Waals surface area contributed by atoms with Gasteiger partial charge in [0.2, 0.25) is 0 Å². The molecular formula is C15H19FN2O3. The summed E-state index contributed by atoms with van der Waals surface area (Å²) < 4.78 is 25.0. The third-order valence-electron chi connectivity index (χ3n) is 3.88. The van der Waals surface area contributed by atoms with Crippen molar-refractivity contribution in [1.29, 1.82) is 0 Å². The number of carbonyl (C=O) groups excluding carboxylic acids is 1. The molecule has 5 nitrogen and oxygen atoms in total. The SMILES string of the molecule is Cc1ccc(F)c(NC(=O)N2CCCC3(C2)OCCO3)c1. The van der Waals surface area contributed by atoms with E-state index in [0.717, 1.165) is 18.4 Å². The smallest absolute Gasteiger partial charge is 0.322 e. The van der Waals surface area contributed by atoms with E-state index in [1.54, 1.807) is 17.0 Å². The van der Waals surface area contributed by atoms with Crippen LogP contribution < -0.4 is 5.32 Å². The molecule has 2 saturated heterocycles. The molecule has 6 heteroatoms. The number of urea groups is 1. The lowest BCUT2D eigenvalue weighted by Gasteiger charge is -2.38. The van der Waals surface area contributed by atoms with Gasteiger partial charge in [-0.05, 0) is 31.0 Å². The number of anilines is 1. The number of nitrogens with zero attached hydrogens (tertiary/aromatic N) is 1. The first-order chi connectivity index (χ1) is 10.1. The number of amides is 2. The van der Waals surface area contributed by atoms with Crippen LogP contribution in [0.3, 0.4) is 0 Å². The van der Waals surface area contributed by atoms with Gasteiger partial charge in [0, 0.05) is 13.0 Å². The minimum Gasteiger partial charge on any atom is -0.346 e. The van der Waals surface area contributed by atoms with Crippen LogP contribution in [-0.2, 0) is 9.47 Å². The van der Waals surface area contributed by atoms with E-state index < -0.39 is 11.6 Å². The number of nitrogens with one attached hydrogen (secondary N) is 1. The summed E-state index contributed by atoms with van der Waals surface area (Å²) in [4.78, 5) is 13.9. The fourth-order valence-electron chi connectivity index (χ4n) is 2.82. The quantitative estimate of drug-likeness (QED) is 0.866. The Morgan fingerprint density at radius 3 is 2.90 bits per heavy atom. The molecule has 0 bridgehead atoms. The lowest BCUT2D eigenvalue weighted by atomic mass is 10.1. The number of hydrogen-bond donors (Lipinski definition) is 1. The van der Waals surface area contributed by atoms with Crippen LogP contribution in [0.2, 0.25) is 0 Å². The van der Waals surface area contributed by atoms with Gasteiger partial charge in [-0.2, -0.15) is 0 Å². The van der Waals surface area contributed by atoms with Gasteiger partial charge in [0.15, 0.2) is 5.79 Å². The molecule has 2 aliphatic heterocycles. The number of benzene rings is 1. The molecule has 114 valence electrons. The summed E-state index contributed by atoms with van der Waals surface area (Å²) in [6.45, 7) is 3.97. The van der Waals surface area contributed by atoms with Crippen LogP contribution in [0.5, 0.6) is 0 Å². The number of likely N-dealkylation sites (tertiary alicyclic amines) is 1. The first kappa shape index (κ1) is 14.3. The van der Waals surface area contributed by atoms with Gasteiger partial charge in [0.05, 0.1) is 25.4 Å². The van der Waals surface area contributed by atoms with Crippen molar-refractivity contribution >= 4 is 11.7 Å². The summed E-state index contributed by atoms with van der Waals surface area (Å²) in [5, 5.41) is 2.63. The Morgan fingerprint density at radius 2 is 2.14 bits per heavy atom. The van der Waals surface area contributed by atoms with Crippen LogP contribution in [0, 0.1) is 12.7 Å². The Morgan fingerprint density at radius 1 is 1.38 bits per heavy atom. The van der Waals surface area contributed by atoms with Crippen molar-refractivity contribution in [3.63, 3.8) is 0 Å². The highest BCUT2D eigenvalue weighted by Gasteiger charge is 2.42. The van der Waals surface area contributed by atoms with Crippen molar-refractivity contribution < 1.29 is 18.7 Å². The molecule has 1 aromatic carbocycles. The van der Waals surface area contributed by atoms with Crippen LogP contribution in [0.25, 0.3) is 0 Å². The molecule has 0 saturated carbocycles. The van der Waals surface area contributed by atoms with Gasteiger partial charge >= 0.3 is 6.03 Å². The summed E-state index contributed by atoms with van der Waals surface area (Å²) in [6, 6.07) is 4.32. The zero-order chi connectivity index (χ0) is 14.9. The van der Waals surface area contributed by atoms with Gasteiger partial charge < -0.3 is 19.7 Å². The fourth-order valence-corrected chi connectivity index (χ4v) is 2.82. The third kappa shape index (κ3) is 3.01. The van der Waals surface area contributed by atoms with Crippen molar-refractivity contribution in [3.8, 4) is 0 Å². The molecule has 0 aromatic heterocycles. The van der Waals surface area contributed by atoms with Gasteiger partial charge in [-0.25, -0.2) is 9.18 Å². The van der Waals surface area contributed by atoms with Crippen molar-refractivity contribution in [2.75, 3.05) is 31.6 Å². The van der Waals surface area contributed by atoms with Crippen molar-refractivity contribution in [2.45, 2.75) is 25.6 Å². The standard InChI is InChI=1S/C15H19FN2O3/c1-11-3-4-12(16)13(9-11)17-14(19)18-6-2-5-15(10-18)20-7-8-21-15/h3-4,9H,2,5-8,10H2,1H3,(H,17,19). The molecule has 3 rings (SSSR count). The van der Waals surface area contributed by atoms with Gasteiger partial charge in [-0.15, -0.1) is 0 Å². The maximum absolute atomic E-state index is 13.7. The third-order valence-corrected chi connectivity index (χ3v) is 3.88. The second kappa shape index (κ2) is 5.61. The van der Waals surface area contributed by atoms with Crippen LogP contribution >= 0.6 is 0 Å². The van der Waals surface area contributed by atoms with Gasteiger partial charge in [0.1, 0.15) is 5.82 Å². The van der Waals surface area contributed by atoms with E-state index in [4.69, 9.17) is 9.47 Å². The minimum atomic E-state index is -0.666. The summed E-state index contributed by atoms with van der Waals surface area (Å²) in [7, 11) is 0. The Kier molecular flexibility index (Phi) is 3.82. The highest BCUT2D eigenvalue weighted by atomic mass is 19.1. The number of aryl methyl sites for hydroxylation is 1. The number of piperidine rings is 1.